The van der Waals surface area contributed by atoms with E-state index in [2.05, 4.69) is 12.2 Å². The smallest absolute Gasteiger partial charge is 0.123 e. The lowest BCUT2D eigenvalue weighted by Crippen LogP contribution is -2.35. The minimum atomic E-state index is -0.124. The van der Waals surface area contributed by atoms with Crippen molar-refractivity contribution in [3.63, 3.8) is 0 Å². The van der Waals surface area contributed by atoms with Crippen LogP contribution in [0.25, 0.3) is 0 Å². The lowest BCUT2D eigenvalue weighted by atomic mass is 9.91. The molecule has 1 fully saturated rings. The van der Waals surface area contributed by atoms with Gasteiger partial charge in [0.25, 0.3) is 0 Å². The molecule has 2 atom stereocenters. The second-order valence-corrected chi connectivity index (χ2v) is 5.94. The van der Waals surface area contributed by atoms with Crippen LogP contribution in [0.1, 0.15) is 17.5 Å². The molecule has 2 rings (SSSR count). The summed E-state index contributed by atoms with van der Waals surface area (Å²) in [7, 11) is 2.02. The van der Waals surface area contributed by atoms with Gasteiger partial charge < -0.3 is 5.32 Å². The summed E-state index contributed by atoms with van der Waals surface area (Å²) in [5, 5.41) is 3.40. The fourth-order valence-electron chi connectivity index (χ4n) is 2.47. The van der Waals surface area contributed by atoms with Crippen LogP contribution in [-0.2, 0) is 6.42 Å². The van der Waals surface area contributed by atoms with Crippen molar-refractivity contribution in [2.75, 3.05) is 18.6 Å². The summed E-state index contributed by atoms with van der Waals surface area (Å²) in [6, 6.07) is 5.58. The first-order valence-corrected chi connectivity index (χ1v) is 7.36. The summed E-state index contributed by atoms with van der Waals surface area (Å²) in [6.45, 7) is 2.06. The third kappa shape index (κ3) is 3.23. The van der Waals surface area contributed by atoms with Gasteiger partial charge in [-0.2, -0.15) is 11.8 Å². The number of benzene rings is 1. The Balaban J connectivity index is 2.09. The van der Waals surface area contributed by atoms with Gasteiger partial charge in [0.15, 0.2) is 0 Å². The van der Waals surface area contributed by atoms with E-state index in [9.17, 15) is 4.39 Å². The molecular weight excluding hydrogens is 233 g/mol. The largest absolute Gasteiger partial charge is 0.316 e. The Labute approximate surface area is 107 Å². The standard InChI is InChI=1S/C14H20FNS/c1-10-3-4-13(15)7-12(10)8-14(16-2)11-5-6-17-9-11/h3-4,7,11,14,16H,5-6,8-9H2,1-2H3. The Kier molecular flexibility index (Phi) is 4.46. The molecule has 0 spiro atoms. The highest BCUT2D eigenvalue weighted by Gasteiger charge is 2.24. The SMILES string of the molecule is CNC(Cc1cc(F)ccc1C)C1CCSC1. The molecule has 0 radical (unpaired) electrons. The first-order valence-electron chi connectivity index (χ1n) is 6.20. The third-order valence-electron chi connectivity index (χ3n) is 3.66. The van der Waals surface area contributed by atoms with Crippen LogP contribution in [0.4, 0.5) is 4.39 Å². The Hall–Kier alpha value is -0.540. The van der Waals surface area contributed by atoms with E-state index in [4.69, 9.17) is 0 Å². The van der Waals surface area contributed by atoms with Crippen LogP contribution in [0.3, 0.4) is 0 Å². The van der Waals surface area contributed by atoms with Crippen molar-refractivity contribution in [2.24, 2.45) is 5.92 Å². The van der Waals surface area contributed by atoms with Crippen LogP contribution in [0.15, 0.2) is 18.2 Å². The number of aryl methyl sites for hydroxylation is 1. The zero-order valence-electron chi connectivity index (χ0n) is 10.5. The van der Waals surface area contributed by atoms with Gasteiger partial charge in [0, 0.05) is 6.04 Å². The van der Waals surface area contributed by atoms with Crippen molar-refractivity contribution >= 4 is 11.8 Å². The average Bonchev–Trinajstić information content (AvgIpc) is 2.84. The molecule has 1 aromatic carbocycles. The topological polar surface area (TPSA) is 12.0 Å². The maximum absolute atomic E-state index is 13.3. The van der Waals surface area contributed by atoms with E-state index in [1.165, 1.54) is 23.5 Å². The quantitative estimate of drug-likeness (QED) is 0.885. The van der Waals surface area contributed by atoms with E-state index in [1.807, 2.05) is 24.9 Å². The summed E-state index contributed by atoms with van der Waals surface area (Å²) < 4.78 is 13.3. The molecule has 1 nitrogen and oxygen atoms in total. The van der Waals surface area contributed by atoms with Gasteiger partial charge in [0.1, 0.15) is 5.82 Å². The number of thioether (sulfide) groups is 1. The van der Waals surface area contributed by atoms with Crippen molar-refractivity contribution in [3.8, 4) is 0 Å². The molecule has 2 unspecified atom stereocenters. The number of likely N-dealkylation sites (N-methyl/N-ethyl adjacent to an activating group) is 1. The monoisotopic (exact) mass is 253 g/mol. The number of hydrogen-bond acceptors (Lipinski definition) is 2. The van der Waals surface area contributed by atoms with Crippen molar-refractivity contribution < 1.29 is 4.39 Å². The van der Waals surface area contributed by atoms with Crippen molar-refractivity contribution in [1.29, 1.82) is 0 Å². The van der Waals surface area contributed by atoms with E-state index >= 15 is 0 Å². The second kappa shape index (κ2) is 5.87. The normalized spacial score (nSPS) is 21.7. The molecule has 0 aliphatic carbocycles. The maximum Gasteiger partial charge on any atom is 0.123 e. The van der Waals surface area contributed by atoms with Gasteiger partial charge >= 0.3 is 0 Å². The highest BCUT2D eigenvalue weighted by molar-refractivity contribution is 7.99. The van der Waals surface area contributed by atoms with E-state index < -0.39 is 0 Å². The molecular formula is C14H20FNS. The minimum absolute atomic E-state index is 0.124. The van der Waals surface area contributed by atoms with E-state index in [0.29, 0.717) is 6.04 Å². The predicted molar refractivity (Wildman–Crippen MR) is 73.1 cm³/mol. The van der Waals surface area contributed by atoms with Gasteiger partial charge in [-0.25, -0.2) is 4.39 Å². The summed E-state index contributed by atoms with van der Waals surface area (Å²) in [4.78, 5) is 0. The van der Waals surface area contributed by atoms with Crippen LogP contribution >= 0.6 is 11.8 Å². The summed E-state index contributed by atoms with van der Waals surface area (Å²) in [6.07, 6.45) is 2.22. The number of halogens is 1. The average molecular weight is 253 g/mol. The van der Waals surface area contributed by atoms with Gasteiger partial charge in [-0.3, -0.25) is 0 Å². The fourth-order valence-corrected chi connectivity index (χ4v) is 3.81. The highest BCUT2D eigenvalue weighted by Crippen LogP contribution is 2.28. The molecule has 3 heteroatoms. The second-order valence-electron chi connectivity index (χ2n) is 4.79. The molecule has 1 heterocycles. The molecule has 1 N–H and O–H groups in total. The predicted octanol–water partition coefficient (Wildman–Crippen LogP) is 3.02. The van der Waals surface area contributed by atoms with Crippen LogP contribution in [0.5, 0.6) is 0 Å². The maximum atomic E-state index is 13.3. The zero-order chi connectivity index (χ0) is 12.3. The molecule has 1 aromatic rings. The molecule has 1 saturated heterocycles. The molecule has 0 aromatic heterocycles. The van der Waals surface area contributed by atoms with Gasteiger partial charge in [-0.1, -0.05) is 6.07 Å². The summed E-state index contributed by atoms with van der Waals surface area (Å²) in [5.74, 6) is 3.11. The molecule has 1 aliphatic heterocycles. The first-order chi connectivity index (χ1) is 8.20. The Morgan fingerprint density at radius 2 is 2.35 bits per heavy atom. The van der Waals surface area contributed by atoms with Gasteiger partial charge in [-0.05, 0) is 67.5 Å². The van der Waals surface area contributed by atoms with Crippen LogP contribution in [-0.4, -0.2) is 24.6 Å². The van der Waals surface area contributed by atoms with Gasteiger partial charge in [0.2, 0.25) is 0 Å². The van der Waals surface area contributed by atoms with E-state index in [1.54, 1.807) is 12.1 Å². The third-order valence-corrected chi connectivity index (χ3v) is 4.84. The van der Waals surface area contributed by atoms with Crippen LogP contribution in [0, 0.1) is 18.7 Å². The number of hydrogen-bond donors (Lipinski definition) is 1. The lowest BCUT2D eigenvalue weighted by molar-refractivity contribution is 0.403. The minimum Gasteiger partial charge on any atom is -0.316 e. The zero-order valence-corrected chi connectivity index (χ0v) is 11.3. The summed E-state index contributed by atoms with van der Waals surface area (Å²) in [5.41, 5.74) is 2.33. The Morgan fingerprint density at radius 1 is 1.53 bits per heavy atom. The van der Waals surface area contributed by atoms with Gasteiger partial charge in [-0.15, -0.1) is 0 Å². The van der Waals surface area contributed by atoms with Crippen LogP contribution in [0.2, 0.25) is 0 Å². The molecule has 17 heavy (non-hydrogen) atoms. The lowest BCUT2D eigenvalue weighted by Gasteiger charge is -2.23. The van der Waals surface area contributed by atoms with E-state index in [-0.39, 0.29) is 5.82 Å². The Morgan fingerprint density at radius 3 is 3.00 bits per heavy atom. The Bertz CT molecular complexity index is 374. The van der Waals surface area contributed by atoms with Crippen LogP contribution < -0.4 is 5.32 Å². The highest BCUT2D eigenvalue weighted by atomic mass is 32.2. The molecule has 0 bridgehead atoms. The summed E-state index contributed by atoms with van der Waals surface area (Å²) >= 11 is 2.03. The number of rotatable bonds is 4. The van der Waals surface area contributed by atoms with Crippen molar-refractivity contribution in [2.45, 2.75) is 25.8 Å². The molecule has 0 saturated carbocycles. The van der Waals surface area contributed by atoms with Crippen molar-refractivity contribution in [1.82, 2.24) is 5.32 Å². The van der Waals surface area contributed by atoms with Crippen molar-refractivity contribution in [3.05, 3.63) is 35.1 Å². The molecule has 1 aliphatic rings. The van der Waals surface area contributed by atoms with E-state index in [0.717, 1.165) is 17.9 Å². The molecule has 0 amide bonds. The molecule has 94 valence electrons. The first kappa shape index (κ1) is 12.9. The number of nitrogens with one attached hydrogen (secondary N) is 1. The fraction of sp³-hybridized carbons (Fsp3) is 0.571. The van der Waals surface area contributed by atoms with Gasteiger partial charge in [0.05, 0.1) is 0 Å².